The summed E-state index contributed by atoms with van der Waals surface area (Å²) in [6.45, 7) is 24.9. The van der Waals surface area contributed by atoms with E-state index in [4.69, 9.17) is 14.2 Å². The summed E-state index contributed by atoms with van der Waals surface area (Å²) in [5.74, 6) is 2.63. The topological polar surface area (TPSA) is 47.9 Å². The second-order valence-electron chi connectivity index (χ2n) is 21.3. The van der Waals surface area contributed by atoms with Gasteiger partial charge in [0.15, 0.2) is 0 Å². The summed E-state index contributed by atoms with van der Waals surface area (Å²) >= 11 is 0. The van der Waals surface area contributed by atoms with Crippen molar-refractivity contribution in [2.24, 2.45) is 0 Å². The van der Waals surface area contributed by atoms with Crippen molar-refractivity contribution >= 4 is 43.1 Å². The van der Waals surface area contributed by atoms with Gasteiger partial charge in [0, 0.05) is 27.7 Å². The van der Waals surface area contributed by atoms with Crippen LogP contribution >= 0.6 is 0 Å². The molecule has 370 valence electrons. The Labute approximate surface area is 464 Å². The van der Waals surface area contributed by atoms with E-state index in [1.54, 1.807) is 20.3 Å². The van der Waals surface area contributed by atoms with Gasteiger partial charge in [0.1, 0.15) is 23.0 Å². The van der Waals surface area contributed by atoms with E-state index in [0.717, 1.165) is 94.6 Å². The van der Waals surface area contributed by atoms with Crippen LogP contribution in [0.2, 0.25) is 0 Å². The van der Waals surface area contributed by atoms with Crippen LogP contribution in [0, 0.1) is 46.8 Å². The molecule has 10 aromatic rings. The van der Waals surface area contributed by atoms with Gasteiger partial charge in [0.25, 0.3) is 0 Å². The summed E-state index contributed by atoms with van der Waals surface area (Å²) in [5.41, 5.74) is 16.2. The summed E-state index contributed by atoms with van der Waals surface area (Å²) in [4.78, 5) is 0. The number of aromatic hydroxyl groups is 1. The van der Waals surface area contributed by atoms with Gasteiger partial charge in [-0.2, -0.15) is 53.6 Å². The first-order valence-corrected chi connectivity index (χ1v) is 25.6. The molecule has 0 unspecified atom stereocenters. The first kappa shape index (κ1) is 53.8. The van der Waals surface area contributed by atoms with Gasteiger partial charge < -0.3 is 19.3 Å². The smallest absolute Gasteiger partial charge is 0.507 e. The molecule has 0 saturated carbocycles. The number of fused-ring (bicyclic) bond motifs is 4. The Morgan fingerprint density at radius 2 is 1.09 bits per heavy atom. The number of hydrogen-bond donors (Lipinski definition) is 1. The molecule has 0 saturated heterocycles. The van der Waals surface area contributed by atoms with E-state index in [9.17, 15) is 5.11 Å². The van der Waals surface area contributed by atoms with Gasteiger partial charge in [-0.25, -0.2) is 0 Å². The maximum absolute atomic E-state index is 11.3. The molecule has 0 spiro atoms. The van der Waals surface area contributed by atoms with Crippen molar-refractivity contribution in [3.05, 3.63) is 202 Å². The Bertz CT molecular complexity index is 3720. The molecule has 1 N–H and O–H groups in total. The van der Waals surface area contributed by atoms with Crippen LogP contribution in [0.4, 0.5) is 0 Å². The third kappa shape index (κ3) is 10.3. The van der Waals surface area contributed by atoms with E-state index in [2.05, 4.69) is 197 Å². The van der Waals surface area contributed by atoms with Crippen molar-refractivity contribution in [1.82, 2.24) is 0 Å². The summed E-state index contributed by atoms with van der Waals surface area (Å²) < 4.78 is 18.4. The van der Waals surface area contributed by atoms with Crippen LogP contribution < -0.4 is 14.2 Å². The second-order valence-corrected chi connectivity index (χ2v) is 21.3. The van der Waals surface area contributed by atoms with Crippen LogP contribution in [-0.4, -0.2) is 25.9 Å². The molecule has 74 heavy (non-hydrogen) atoms. The van der Waals surface area contributed by atoms with Crippen LogP contribution in [0.3, 0.4) is 0 Å². The molecule has 0 aliphatic rings. The number of aryl methyl sites for hydroxylation is 5. The molecular formula is C69H68O4Y+. The molecule has 0 atom stereocenters. The molecule has 0 aliphatic carbocycles. The fourth-order valence-electron chi connectivity index (χ4n) is 10.9. The minimum absolute atomic E-state index is 0. The molecule has 0 aliphatic heterocycles. The normalized spacial score (nSPS) is 11.6. The summed E-state index contributed by atoms with van der Waals surface area (Å²) in [5, 5.41) is 20.0. The van der Waals surface area contributed by atoms with Crippen molar-refractivity contribution < 1.29 is 52.0 Å². The standard InChI is InChI=1S/C57H51O4.C12H17.Y/c1-9-28-61-52-27-19-41-33-42(20-23-46(41)56(52)55-43-13-11-10-12-37(43)17-25-51(55)60-8)57(5,6)48-31-35(3)47(30-36(48)4)40-15-22-45-39(32-40)18-26-50(59-7)54(45)53-44-21-14-34(2)29-38(44)16-24-49(53)58;1-9-6-7-10(2)11(8-9)12(3,4)5;/h11-27,29-33,58H,9,28H2,1-8H3;7-8H,1-5H3;/q2*-1;+3. The zero-order valence-corrected chi connectivity index (χ0v) is 48.4. The average molecular weight is 1050 g/mol. The number of methoxy groups -OCH3 is 2. The molecule has 0 fully saturated rings. The Morgan fingerprint density at radius 1 is 0.514 bits per heavy atom. The van der Waals surface area contributed by atoms with Gasteiger partial charge in [-0.1, -0.05) is 140 Å². The number of hydrogen-bond acceptors (Lipinski definition) is 4. The van der Waals surface area contributed by atoms with Crippen molar-refractivity contribution in [1.29, 1.82) is 0 Å². The van der Waals surface area contributed by atoms with E-state index in [1.165, 1.54) is 50.1 Å². The fourth-order valence-corrected chi connectivity index (χ4v) is 10.9. The Kier molecular flexibility index (Phi) is 15.8. The van der Waals surface area contributed by atoms with Gasteiger partial charge in [-0.3, -0.25) is 0 Å². The predicted octanol–water partition coefficient (Wildman–Crippen LogP) is 18.3. The van der Waals surface area contributed by atoms with Gasteiger partial charge in [0.05, 0.1) is 20.8 Å². The molecule has 0 radical (unpaired) electrons. The SMILES string of the molecule is CCCOc1ccc2cc(C(C)(C)c3cc(C)c(-c4ccc5c(-c6c(O)ccc7cc(C)ccc67)c(OC)ccc5c4)cc3C)ccc2c1-c1c(OC)ccc2c[c-]ccc12.Cc1[c-]cc(C)c(C(C)(C)C)c1.[Y+3]. The van der Waals surface area contributed by atoms with E-state index in [1.807, 2.05) is 30.3 Å². The van der Waals surface area contributed by atoms with Gasteiger partial charge in [0.2, 0.25) is 0 Å². The largest absolute Gasteiger partial charge is 3.00 e. The van der Waals surface area contributed by atoms with E-state index < -0.39 is 0 Å². The summed E-state index contributed by atoms with van der Waals surface area (Å²) in [7, 11) is 3.43. The van der Waals surface area contributed by atoms with Crippen LogP contribution in [-0.2, 0) is 43.5 Å². The van der Waals surface area contributed by atoms with Crippen molar-refractivity contribution in [3.63, 3.8) is 0 Å². The molecular weight excluding hydrogens is 982 g/mol. The first-order chi connectivity index (χ1) is 34.9. The van der Waals surface area contributed by atoms with Crippen LogP contribution in [0.25, 0.3) is 76.5 Å². The monoisotopic (exact) mass is 1050 g/mol. The zero-order chi connectivity index (χ0) is 51.9. The van der Waals surface area contributed by atoms with Gasteiger partial charge in [-0.05, 0) is 129 Å². The zero-order valence-electron chi connectivity index (χ0n) is 45.5. The van der Waals surface area contributed by atoms with Crippen molar-refractivity contribution in [3.8, 4) is 56.4 Å². The summed E-state index contributed by atoms with van der Waals surface area (Å²) in [6.07, 6.45) is 0.915. The average Bonchev–Trinajstić information content (AvgIpc) is 3.38. The quantitative estimate of drug-likeness (QED) is 0.139. The molecule has 0 heterocycles. The van der Waals surface area contributed by atoms with E-state index >= 15 is 0 Å². The number of phenols is 1. The molecule has 10 aromatic carbocycles. The third-order valence-electron chi connectivity index (χ3n) is 14.7. The van der Waals surface area contributed by atoms with Crippen molar-refractivity contribution in [2.75, 3.05) is 20.8 Å². The molecule has 5 heteroatoms. The number of benzene rings is 10. The minimum Gasteiger partial charge on any atom is -0.507 e. The number of rotatable bonds is 10. The minimum atomic E-state index is -0.292. The number of phenolic OH excluding ortho intramolecular Hbond substituents is 1. The van der Waals surface area contributed by atoms with Crippen LogP contribution in [0.1, 0.15) is 92.5 Å². The Morgan fingerprint density at radius 3 is 1.77 bits per heavy atom. The number of ether oxygens (including phenoxy) is 3. The predicted molar refractivity (Wildman–Crippen MR) is 308 cm³/mol. The first-order valence-electron chi connectivity index (χ1n) is 25.6. The molecule has 0 aromatic heterocycles. The Balaban J connectivity index is 0.000000495. The van der Waals surface area contributed by atoms with Crippen LogP contribution in [0.5, 0.6) is 23.0 Å². The summed E-state index contributed by atoms with van der Waals surface area (Å²) in [6, 6.07) is 57.8. The van der Waals surface area contributed by atoms with Crippen LogP contribution in [0.15, 0.2) is 146 Å². The maximum Gasteiger partial charge on any atom is 3.00 e. The molecule has 4 nitrogen and oxygen atoms in total. The van der Waals surface area contributed by atoms with E-state index in [0.29, 0.717) is 6.61 Å². The van der Waals surface area contributed by atoms with Gasteiger partial charge >= 0.3 is 32.7 Å². The molecule has 0 bridgehead atoms. The third-order valence-corrected chi connectivity index (χ3v) is 14.7. The Hall–Kier alpha value is -6.46. The molecule has 10 rings (SSSR count). The maximum atomic E-state index is 11.3. The van der Waals surface area contributed by atoms with Gasteiger partial charge in [-0.15, -0.1) is 22.4 Å². The second kappa shape index (κ2) is 21.8. The van der Waals surface area contributed by atoms with E-state index in [-0.39, 0.29) is 49.3 Å². The molecule has 0 amide bonds. The van der Waals surface area contributed by atoms with Crippen molar-refractivity contribution in [2.45, 2.75) is 93.4 Å². The fraction of sp³-hybridized carbons (Fsp3) is 0.246.